The van der Waals surface area contributed by atoms with Crippen molar-refractivity contribution < 1.29 is 13.9 Å². The fourth-order valence-electron chi connectivity index (χ4n) is 1.93. The molecule has 1 N–H and O–H groups in total. The molecule has 0 bridgehead atoms. The third-order valence-electron chi connectivity index (χ3n) is 3.20. The van der Waals surface area contributed by atoms with E-state index in [1.165, 1.54) is 12.1 Å². The zero-order valence-corrected chi connectivity index (χ0v) is 14.0. The summed E-state index contributed by atoms with van der Waals surface area (Å²) in [7, 11) is 0. The second kappa shape index (κ2) is 8.18. The third kappa shape index (κ3) is 5.41. The minimum Gasteiger partial charge on any atom is -0.481 e. The lowest BCUT2D eigenvalue weighted by Gasteiger charge is -2.15. The third-order valence-corrected chi connectivity index (χ3v) is 3.94. The Balaban J connectivity index is 1.80. The standard InChI is InChI=1S/C17H16Cl2FNO2/c1-11(23-14-6-7-15(18)16(19)10-14)17(22)21-9-8-12-2-4-13(20)5-3-12/h2-7,10-11H,8-9H2,1H3,(H,21,22). The summed E-state index contributed by atoms with van der Waals surface area (Å²) >= 11 is 11.7. The molecule has 0 spiro atoms. The molecule has 0 saturated heterocycles. The highest BCUT2D eigenvalue weighted by Crippen LogP contribution is 2.26. The van der Waals surface area contributed by atoms with Gasteiger partial charge in [-0.3, -0.25) is 4.79 Å². The van der Waals surface area contributed by atoms with Crippen molar-refractivity contribution in [3.63, 3.8) is 0 Å². The summed E-state index contributed by atoms with van der Waals surface area (Å²) < 4.78 is 18.3. The van der Waals surface area contributed by atoms with Gasteiger partial charge in [0.05, 0.1) is 10.0 Å². The van der Waals surface area contributed by atoms with E-state index >= 15 is 0 Å². The van der Waals surface area contributed by atoms with E-state index in [-0.39, 0.29) is 11.7 Å². The summed E-state index contributed by atoms with van der Waals surface area (Å²) in [4.78, 5) is 12.0. The topological polar surface area (TPSA) is 38.3 Å². The van der Waals surface area contributed by atoms with Crippen LogP contribution in [-0.2, 0) is 11.2 Å². The van der Waals surface area contributed by atoms with Crippen molar-refractivity contribution in [1.82, 2.24) is 5.32 Å². The summed E-state index contributed by atoms with van der Waals surface area (Å²) in [6, 6.07) is 11.0. The molecule has 0 heterocycles. The van der Waals surface area contributed by atoms with Crippen LogP contribution in [0.3, 0.4) is 0 Å². The molecular weight excluding hydrogens is 340 g/mol. The van der Waals surface area contributed by atoms with E-state index in [0.717, 1.165) is 5.56 Å². The average molecular weight is 356 g/mol. The maximum Gasteiger partial charge on any atom is 0.260 e. The summed E-state index contributed by atoms with van der Waals surface area (Å²) in [5, 5.41) is 3.57. The highest BCUT2D eigenvalue weighted by molar-refractivity contribution is 6.42. The average Bonchev–Trinajstić information content (AvgIpc) is 2.52. The first-order chi connectivity index (χ1) is 11.0. The fraction of sp³-hybridized carbons (Fsp3) is 0.235. The maximum absolute atomic E-state index is 12.8. The van der Waals surface area contributed by atoms with Gasteiger partial charge in [-0.15, -0.1) is 0 Å². The van der Waals surface area contributed by atoms with Crippen LogP contribution in [0.25, 0.3) is 0 Å². The number of amides is 1. The van der Waals surface area contributed by atoms with E-state index in [1.807, 2.05) is 0 Å². The Kier molecular flexibility index (Phi) is 6.25. The molecule has 2 aromatic carbocycles. The Hall–Kier alpha value is -1.78. The first kappa shape index (κ1) is 17.6. The van der Waals surface area contributed by atoms with Gasteiger partial charge in [0.25, 0.3) is 5.91 Å². The Labute approximate surface area is 144 Å². The van der Waals surface area contributed by atoms with Crippen LogP contribution in [0.4, 0.5) is 4.39 Å². The van der Waals surface area contributed by atoms with Crippen LogP contribution in [0.15, 0.2) is 42.5 Å². The van der Waals surface area contributed by atoms with Crippen molar-refractivity contribution in [2.45, 2.75) is 19.4 Å². The van der Waals surface area contributed by atoms with Crippen molar-refractivity contribution in [3.05, 3.63) is 63.9 Å². The van der Waals surface area contributed by atoms with Crippen molar-refractivity contribution >= 4 is 29.1 Å². The molecule has 0 fully saturated rings. The number of halogens is 3. The van der Waals surface area contributed by atoms with Crippen LogP contribution in [0.5, 0.6) is 5.75 Å². The van der Waals surface area contributed by atoms with Crippen LogP contribution >= 0.6 is 23.2 Å². The molecule has 0 aliphatic rings. The molecule has 23 heavy (non-hydrogen) atoms. The normalized spacial score (nSPS) is 11.8. The van der Waals surface area contributed by atoms with Gasteiger partial charge in [0, 0.05) is 12.6 Å². The minimum absolute atomic E-state index is 0.238. The van der Waals surface area contributed by atoms with Gasteiger partial charge >= 0.3 is 0 Å². The Morgan fingerprint density at radius 3 is 2.52 bits per heavy atom. The Morgan fingerprint density at radius 2 is 1.87 bits per heavy atom. The van der Waals surface area contributed by atoms with Crippen molar-refractivity contribution in [2.24, 2.45) is 0 Å². The van der Waals surface area contributed by atoms with E-state index in [1.54, 1.807) is 37.3 Å². The number of benzene rings is 2. The molecule has 0 saturated carbocycles. The van der Waals surface area contributed by atoms with Crippen LogP contribution in [0.1, 0.15) is 12.5 Å². The number of nitrogens with one attached hydrogen (secondary N) is 1. The first-order valence-corrected chi connectivity index (χ1v) is 7.85. The minimum atomic E-state index is -0.666. The highest BCUT2D eigenvalue weighted by Gasteiger charge is 2.14. The summed E-state index contributed by atoms with van der Waals surface area (Å²) in [6.07, 6.45) is -0.0497. The van der Waals surface area contributed by atoms with E-state index in [4.69, 9.17) is 27.9 Å². The second-order valence-corrected chi connectivity index (χ2v) is 5.82. The zero-order valence-electron chi connectivity index (χ0n) is 12.5. The van der Waals surface area contributed by atoms with Crippen LogP contribution in [0, 0.1) is 5.82 Å². The maximum atomic E-state index is 12.8. The van der Waals surface area contributed by atoms with Gasteiger partial charge < -0.3 is 10.1 Å². The quantitative estimate of drug-likeness (QED) is 0.840. The highest BCUT2D eigenvalue weighted by atomic mass is 35.5. The van der Waals surface area contributed by atoms with Gasteiger partial charge in [-0.25, -0.2) is 4.39 Å². The number of carbonyl (C=O) groups is 1. The monoisotopic (exact) mass is 355 g/mol. The van der Waals surface area contributed by atoms with E-state index in [0.29, 0.717) is 28.8 Å². The Morgan fingerprint density at radius 1 is 1.17 bits per heavy atom. The summed E-state index contributed by atoms with van der Waals surface area (Å²) in [6.45, 7) is 2.09. The van der Waals surface area contributed by atoms with E-state index in [9.17, 15) is 9.18 Å². The van der Waals surface area contributed by atoms with E-state index < -0.39 is 6.10 Å². The molecule has 2 aromatic rings. The summed E-state index contributed by atoms with van der Waals surface area (Å²) in [5.41, 5.74) is 0.949. The number of hydrogen-bond acceptors (Lipinski definition) is 2. The largest absolute Gasteiger partial charge is 0.481 e. The molecule has 0 aliphatic heterocycles. The number of carbonyl (C=O) groups excluding carboxylic acids is 1. The molecule has 122 valence electrons. The van der Waals surface area contributed by atoms with Crippen LogP contribution < -0.4 is 10.1 Å². The summed E-state index contributed by atoms with van der Waals surface area (Å²) in [5.74, 6) is -0.0415. The number of rotatable bonds is 6. The van der Waals surface area contributed by atoms with Crippen molar-refractivity contribution in [1.29, 1.82) is 0 Å². The van der Waals surface area contributed by atoms with Gasteiger partial charge in [0.1, 0.15) is 11.6 Å². The van der Waals surface area contributed by atoms with Gasteiger partial charge in [0.2, 0.25) is 0 Å². The smallest absolute Gasteiger partial charge is 0.260 e. The molecule has 0 aliphatic carbocycles. The molecule has 2 rings (SSSR count). The SMILES string of the molecule is CC(Oc1ccc(Cl)c(Cl)c1)C(=O)NCCc1ccc(F)cc1. The number of ether oxygens (including phenoxy) is 1. The van der Waals surface area contributed by atoms with Crippen LogP contribution in [-0.4, -0.2) is 18.6 Å². The van der Waals surface area contributed by atoms with Gasteiger partial charge in [0.15, 0.2) is 6.10 Å². The molecule has 1 amide bonds. The molecule has 0 aromatic heterocycles. The van der Waals surface area contributed by atoms with Gasteiger partial charge in [-0.1, -0.05) is 35.3 Å². The van der Waals surface area contributed by atoms with Gasteiger partial charge in [-0.05, 0) is 43.2 Å². The predicted molar refractivity (Wildman–Crippen MR) is 89.7 cm³/mol. The zero-order chi connectivity index (χ0) is 16.8. The van der Waals surface area contributed by atoms with Gasteiger partial charge in [-0.2, -0.15) is 0 Å². The van der Waals surface area contributed by atoms with Crippen molar-refractivity contribution in [2.75, 3.05) is 6.54 Å². The molecule has 0 radical (unpaired) electrons. The Bertz CT molecular complexity index is 677. The number of hydrogen-bond donors (Lipinski definition) is 1. The lowest BCUT2D eigenvalue weighted by Crippen LogP contribution is -2.37. The molecule has 1 unspecified atom stereocenters. The van der Waals surface area contributed by atoms with E-state index in [2.05, 4.69) is 5.32 Å². The van der Waals surface area contributed by atoms with Crippen molar-refractivity contribution in [3.8, 4) is 5.75 Å². The fourth-order valence-corrected chi connectivity index (χ4v) is 2.22. The van der Waals surface area contributed by atoms with Crippen LogP contribution in [0.2, 0.25) is 10.0 Å². The predicted octanol–water partition coefficient (Wildman–Crippen LogP) is 4.26. The first-order valence-electron chi connectivity index (χ1n) is 7.09. The molecule has 1 atom stereocenters. The lowest BCUT2D eigenvalue weighted by molar-refractivity contribution is -0.127. The molecular formula is C17H16Cl2FNO2. The molecule has 3 nitrogen and oxygen atoms in total. The second-order valence-electron chi connectivity index (χ2n) is 5.00. The lowest BCUT2D eigenvalue weighted by atomic mass is 10.1. The molecule has 6 heteroatoms.